The summed E-state index contributed by atoms with van der Waals surface area (Å²) in [6.07, 6.45) is 4.62. The van der Waals surface area contributed by atoms with Crippen molar-refractivity contribution < 1.29 is 4.79 Å². The fourth-order valence-corrected chi connectivity index (χ4v) is 0.677. The molecule has 2 N–H and O–H groups in total. The quantitative estimate of drug-likeness (QED) is 0.395. The van der Waals surface area contributed by atoms with E-state index in [1.54, 1.807) is 6.92 Å². The van der Waals surface area contributed by atoms with Crippen LogP contribution in [0.1, 0.15) is 20.3 Å². The lowest BCUT2D eigenvalue weighted by atomic mass is 10.3. The molecule has 0 saturated heterocycles. The van der Waals surface area contributed by atoms with Crippen molar-refractivity contribution in [2.24, 2.45) is 0 Å². The molecule has 0 bridgehead atoms. The zero-order chi connectivity index (χ0) is 12.8. The molecule has 0 aliphatic rings. The van der Waals surface area contributed by atoms with E-state index in [0.717, 1.165) is 26.1 Å². The van der Waals surface area contributed by atoms with Gasteiger partial charge in [-0.2, -0.15) is 0 Å². The summed E-state index contributed by atoms with van der Waals surface area (Å²) in [5.41, 5.74) is 0.573. The van der Waals surface area contributed by atoms with Crippen LogP contribution in [0.2, 0.25) is 0 Å². The Balaban J connectivity index is 0. The van der Waals surface area contributed by atoms with Crippen LogP contribution in [0.5, 0.6) is 0 Å². The Bertz CT molecular complexity index is 214. The Labute approximate surface area is 99.3 Å². The Morgan fingerprint density at radius 2 is 1.75 bits per heavy atom. The zero-order valence-electron chi connectivity index (χ0n) is 10.5. The van der Waals surface area contributed by atoms with Crippen molar-refractivity contribution in [3.05, 3.63) is 37.5 Å². The van der Waals surface area contributed by atoms with Gasteiger partial charge in [-0.15, -0.1) is 13.2 Å². The van der Waals surface area contributed by atoms with Gasteiger partial charge in [0.1, 0.15) is 0 Å². The lowest BCUT2D eigenvalue weighted by molar-refractivity contribution is -0.117. The predicted molar refractivity (Wildman–Crippen MR) is 71.4 cm³/mol. The summed E-state index contributed by atoms with van der Waals surface area (Å²) < 4.78 is 0. The van der Waals surface area contributed by atoms with E-state index in [0.29, 0.717) is 5.57 Å². The van der Waals surface area contributed by atoms with Crippen LogP contribution >= 0.6 is 0 Å². The highest BCUT2D eigenvalue weighted by Gasteiger charge is 1.96. The molecule has 0 fully saturated rings. The molecule has 0 saturated carbocycles. The monoisotopic (exact) mass is 224 g/mol. The highest BCUT2D eigenvalue weighted by molar-refractivity contribution is 5.91. The second-order valence-electron chi connectivity index (χ2n) is 3.27. The average Bonchev–Trinajstić information content (AvgIpc) is 2.27. The smallest absolute Gasteiger partial charge is 0.246 e. The van der Waals surface area contributed by atoms with Gasteiger partial charge in [-0.3, -0.25) is 4.79 Å². The van der Waals surface area contributed by atoms with E-state index >= 15 is 0 Å². The van der Waals surface area contributed by atoms with Gasteiger partial charge in [0.25, 0.3) is 0 Å². The maximum atomic E-state index is 10.7. The molecule has 0 aromatic carbocycles. The van der Waals surface area contributed by atoms with Crippen LogP contribution in [0.3, 0.4) is 0 Å². The van der Waals surface area contributed by atoms with Crippen molar-refractivity contribution in [3.63, 3.8) is 0 Å². The predicted octanol–water partition coefficient (Wildman–Crippen LogP) is 2.04. The van der Waals surface area contributed by atoms with E-state index in [1.807, 2.05) is 19.1 Å². The van der Waals surface area contributed by atoms with Crippen molar-refractivity contribution >= 4 is 5.91 Å². The number of rotatable bonds is 7. The summed E-state index contributed by atoms with van der Waals surface area (Å²) in [4.78, 5) is 10.7. The fourth-order valence-electron chi connectivity index (χ4n) is 0.677. The summed E-state index contributed by atoms with van der Waals surface area (Å²) in [6.45, 7) is 16.8. The first-order chi connectivity index (χ1) is 7.59. The van der Waals surface area contributed by atoms with Crippen molar-refractivity contribution in [2.45, 2.75) is 20.3 Å². The van der Waals surface area contributed by atoms with E-state index in [2.05, 4.69) is 30.4 Å². The van der Waals surface area contributed by atoms with Gasteiger partial charge < -0.3 is 10.6 Å². The van der Waals surface area contributed by atoms with Crippen molar-refractivity contribution in [1.29, 1.82) is 0 Å². The third-order valence-electron chi connectivity index (χ3n) is 1.50. The highest BCUT2D eigenvalue weighted by Crippen LogP contribution is 1.84. The molecule has 0 radical (unpaired) electrons. The van der Waals surface area contributed by atoms with Gasteiger partial charge in [0.05, 0.1) is 0 Å². The molecule has 0 aromatic heterocycles. The summed E-state index contributed by atoms with van der Waals surface area (Å²) in [6, 6.07) is 0. The molecule has 0 rings (SSSR count). The number of nitrogens with one attached hydrogen (secondary N) is 2. The van der Waals surface area contributed by atoms with Crippen LogP contribution in [0, 0.1) is 0 Å². The highest BCUT2D eigenvalue weighted by atomic mass is 16.1. The van der Waals surface area contributed by atoms with E-state index in [-0.39, 0.29) is 5.91 Å². The van der Waals surface area contributed by atoms with Crippen LogP contribution < -0.4 is 10.6 Å². The van der Waals surface area contributed by atoms with E-state index in [1.165, 1.54) is 0 Å². The maximum Gasteiger partial charge on any atom is 0.246 e. The number of carbonyl (C=O) groups excluding carboxylic acids is 1. The standard InChI is InChI=1S/C7H13NO.C6H11N/c1-4-5-8-7(9)6(2)3;1-3-5-7-6-4-2/h2,4-5H2,1,3H3,(H,8,9);3-4,7H,1-2,5-6H2. The van der Waals surface area contributed by atoms with Crippen LogP contribution in [0.4, 0.5) is 0 Å². The van der Waals surface area contributed by atoms with Crippen LogP contribution in [0.25, 0.3) is 0 Å². The van der Waals surface area contributed by atoms with Crippen molar-refractivity contribution in [2.75, 3.05) is 19.6 Å². The van der Waals surface area contributed by atoms with E-state index in [4.69, 9.17) is 0 Å². The molecule has 92 valence electrons. The second-order valence-corrected chi connectivity index (χ2v) is 3.27. The number of hydrogen-bond acceptors (Lipinski definition) is 2. The zero-order valence-corrected chi connectivity index (χ0v) is 10.5. The summed E-state index contributed by atoms with van der Waals surface area (Å²) >= 11 is 0. The third kappa shape index (κ3) is 15.1. The number of hydrogen-bond donors (Lipinski definition) is 2. The van der Waals surface area contributed by atoms with Crippen molar-refractivity contribution in [3.8, 4) is 0 Å². The normalized spacial score (nSPS) is 8.38. The number of amides is 1. The SMILES string of the molecule is C=C(C)C(=O)NCCC.C=CCNCC=C. The molecule has 1 amide bonds. The molecule has 0 aliphatic heterocycles. The van der Waals surface area contributed by atoms with Gasteiger partial charge in [0.2, 0.25) is 5.91 Å². The van der Waals surface area contributed by atoms with Crippen molar-refractivity contribution in [1.82, 2.24) is 10.6 Å². The first-order valence-corrected chi connectivity index (χ1v) is 5.46. The van der Waals surface area contributed by atoms with Gasteiger partial charge in [0.15, 0.2) is 0 Å². The van der Waals surface area contributed by atoms with E-state index in [9.17, 15) is 4.79 Å². The molecule has 3 nitrogen and oxygen atoms in total. The molecule has 0 spiro atoms. The molecule has 3 heteroatoms. The molecular formula is C13H24N2O. The maximum absolute atomic E-state index is 10.7. The van der Waals surface area contributed by atoms with Gasteiger partial charge >= 0.3 is 0 Å². The number of carbonyl (C=O) groups is 1. The third-order valence-corrected chi connectivity index (χ3v) is 1.50. The molecule has 0 aliphatic carbocycles. The van der Waals surface area contributed by atoms with Gasteiger partial charge in [-0.05, 0) is 13.3 Å². The minimum Gasteiger partial charge on any atom is -0.352 e. The first kappa shape index (κ1) is 17.1. The van der Waals surface area contributed by atoms with Gasteiger partial charge in [0, 0.05) is 25.2 Å². The van der Waals surface area contributed by atoms with E-state index < -0.39 is 0 Å². The second kappa shape index (κ2) is 13.7. The van der Waals surface area contributed by atoms with Crippen LogP contribution in [-0.2, 0) is 4.79 Å². The molecule has 0 heterocycles. The fraction of sp³-hybridized carbons (Fsp3) is 0.462. The average molecular weight is 224 g/mol. The van der Waals surface area contributed by atoms with Gasteiger partial charge in [-0.25, -0.2) is 0 Å². The largest absolute Gasteiger partial charge is 0.352 e. The summed E-state index contributed by atoms with van der Waals surface area (Å²) in [5, 5.41) is 5.74. The molecular weight excluding hydrogens is 200 g/mol. The van der Waals surface area contributed by atoms with Crippen LogP contribution in [-0.4, -0.2) is 25.5 Å². The van der Waals surface area contributed by atoms with Crippen LogP contribution in [0.15, 0.2) is 37.5 Å². The lowest BCUT2D eigenvalue weighted by Gasteiger charge is -1.99. The first-order valence-electron chi connectivity index (χ1n) is 5.46. The minimum absolute atomic E-state index is 0.0446. The lowest BCUT2D eigenvalue weighted by Crippen LogP contribution is -2.24. The Morgan fingerprint density at radius 3 is 2.06 bits per heavy atom. The molecule has 0 aromatic rings. The summed E-state index contributed by atoms with van der Waals surface area (Å²) in [7, 11) is 0. The Morgan fingerprint density at radius 1 is 1.25 bits per heavy atom. The molecule has 16 heavy (non-hydrogen) atoms. The Kier molecular flexibility index (Phi) is 14.6. The minimum atomic E-state index is -0.0446. The van der Waals surface area contributed by atoms with Gasteiger partial charge in [-0.1, -0.05) is 25.7 Å². The molecule has 0 unspecified atom stereocenters. The topological polar surface area (TPSA) is 41.1 Å². The Hall–Kier alpha value is -1.35. The molecule has 0 atom stereocenters. The summed E-state index contributed by atoms with van der Waals surface area (Å²) in [5.74, 6) is -0.0446.